The number of halogens is 3. The quantitative estimate of drug-likeness (QED) is 0.320. The number of hydrogen-bond donors (Lipinski definition) is 0. The van der Waals surface area contributed by atoms with Gasteiger partial charge in [0.15, 0.2) is 11.5 Å². The van der Waals surface area contributed by atoms with Crippen molar-refractivity contribution in [2.45, 2.75) is 12.0 Å². The maximum atomic E-state index is 13.9. The summed E-state index contributed by atoms with van der Waals surface area (Å²) in [5.74, 6) is 1.19. The van der Waals surface area contributed by atoms with E-state index in [1.807, 2.05) is 24.3 Å². The largest absolute Gasteiger partial charge is 0.493 e. The first-order chi connectivity index (χ1) is 15.0. The molecule has 1 aliphatic rings. The van der Waals surface area contributed by atoms with Gasteiger partial charge in [0.1, 0.15) is 17.8 Å². The SMILES string of the molecule is COc1cc([C@@H]2SCC(=O)N2c2ccc(Cl)cc2)cc(I)c1OCc1ccccc1F. The second kappa shape index (κ2) is 9.67. The summed E-state index contributed by atoms with van der Waals surface area (Å²) in [6.45, 7) is 0.0892. The minimum atomic E-state index is -0.312. The van der Waals surface area contributed by atoms with Crippen LogP contribution in [0.25, 0.3) is 0 Å². The minimum absolute atomic E-state index is 0.0335. The average Bonchev–Trinajstić information content (AvgIpc) is 3.15. The van der Waals surface area contributed by atoms with E-state index in [9.17, 15) is 9.18 Å². The number of anilines is 1. The number of amides is 1. The highest BCUT2D eigenvalue weighted by Crippen LogP contribution is 2.45. The van der Waals surface area contributed by atoms with Gasteiger partial charge in [0.2, 0.25) is 5.91 Å². The highest BCUT2D eigenvalue weighted by molar-refractivity contribution is 14.1. The maximum Gasteiger partial charge on any atom is 0.238 e. The molecule has 0 radical (unpaired) electrons. The van der Waals surface area contributed by atoms with Crippen LogP contribution >= 0.6 is 46.0 Å². The number of rotatable bonds is 6. The summed E-state index contributed by atoms with van der Waals surface area (Å²) < 4.78 is 26.3. The van der Waals surface area contributed by atoms with Crippen molar-refractivity contribution >= 4 is 57.5 Å². The van der Waals surface area contributed by atoms with Crippen molar-refractivity contribution in [1.29, 1.82) is 0 Å². The molecule has 4 rings (SSSR count). The van der Waals surface area contributed by atoms with Crippen LogP contribution in [0.5, 0.6) is 11.5 Å². The summed E-state index contributed by atoms with van der Waals surface area (Å²) in [6, 6.07) is 17.6. The Bertz CT molecular complexity index is 1110. The summed E-state index contributed by atoms with van der Waals surface area (Å²) in [4.78, 5) is 14.4. The molecule has 0 spiro atoms. The average molecular weight is 570 g/mol. The van der Waals surface area contributed by atoms with E-state index in [2.05, 4.69) is 22.6 Å². The zero-order valence-electron chi connectivity index (χ0n) is 16.5. The van der Waals surface area contributed by atoms with Crippen molar-refractivity contribution in [2.75, 3.05) is 17.8 Å². The molecule has 4 nitrogen and oxygen atoms in total. The standard InChI is InChI=1S/C23H18ClFINO3S/c1-29-20-11-15(10-19(26)22(20)30-12-14-4-2-3-5-18(14)25)23-27(21(28)13-31-23)17-8-6-16(24)7-9-17/h2-11,23H,12-13H2,1H3/t23-/m0/s1. The Morgan fingerprint density at radius 1 is 1.19 bits per heavy atom. The zero-order chi connectivity index (χ0) is 22.0. The molecule has 0 aliphatic carbocycles. The van der Waals surface area contributed by atoms with Gasteiger partial charge in [-0.15, -0.1) is 11.8 Å². The Balaban J connectivity index is 1.63. The minimum Gasteiger partial charge on any atom is -0.493 e. The first-order valence-electron chi connectivity index (χ1n) is 9.41. The van der Waals surface area contributed by atoms with Gasteiger partial charge in [0, 0.05) is 16.3 Å². The number of carbonyl (C=O) groups excluding carboxylic acids is 1. The third-order valence-electron chi connectivity index (χ3n) is 4.84. The van der Waals surface area contributed by atoms with Crippen molar-refractivity contribution < 1.29 is 18.7 Å². The van der Waals surface area contributed by atoms with Crippen LogP contribution in [0.4, 0.5) is 10.1 Å². The van der Waals surface area contributed by atoms with Crippen LogP contribution < -0.4 is 14.4 Å². The Labute approximate surface area is 202 Å². The van der Waals surface area contributed by atoms with E-state index >= 15 is 0 Å². The molecule has 1 amide bonds. The predicted molar refractivity (Wildman–Crippen MR) is 131 cm³/mol. The van der Waals surface area contributed by atoms with Crippen molar-refractivity contribution in [3.05, 3.63) is 86.2 Å². The van der Waals surface area contributed by atoms with Crippen LogP contribution in [0.15, 0.2) is 60.7 Å². The van der Waals surface area contributed by atoms with Crippen LogP contribution in [-0.2, 0) is 11.4 Å². The van der Waals surface area contributed by atoms with E-state index in [0.29, 0.717) is 27.8 Å². The molecule has 8 heteroatoms. The lowest BCUT2D eigenvalue weighted by Gasteiger charge is -2.25. The maximum absolute atomic E-state index is 13.9. The Hall–Kier alpha value is -1.97. The number of methoxy groups -OCH3 is 1. The summed E-state index contributed by atoms with van der Waals surface area (Å²) in [6.07, 6.45) is 0. The van der Waals surface area contributed by atoms with Gasteiger partial charge in [0.25, 0.3) is 0 Å². The van der Waals surface area contributed by atoms with Crippen molar-refractivity contribution in [2.24, 2.45) is 0 Å². The van der Waals surface area contributed by atoms with Crippen molar-refractivity contribution in [1.82, 2.24) is 0 Å². The predicted octanol–water partition coefficient (Wildman–Crippen LogP) is 6.45. The molecule has 3 aromatic carbocycles. The lowest BCUT2D eigenvalue weighted by molar-refractivity contribution is -0.115. The first kappa shape index (κ1) is 22.2. The molecule has 0 saturated carbocycles. The Morgan fingerprint density at radius 2 is 1.94 bits per heavy atom. The highest BCUT2D eigenvalue weighted by Gasteiger charge is 2.35. The first-order valence-corrected chi connectivity index (χ1v) is 11.9. The smallest absolute Gasteiger partial charge is 0.238 e. The molecule has 0 bridgehead atoms. The molecule has 0 unspecified atom stereocenters. The lowest BCUT2D eigenvalue weighted by atomic mass is 10.1. The summed E-state index contributed by atoms with van der Waals surface area (Å²) in [5.41, 5.74) is 2.18. The van der Waals surface area contributed by atoms with Crippen molar-refractivity contribution in [3.8, 4) is 11.5 Å². The molecular weight excluding hydrogens is 552 g/mol. The summed E-state index contributed by atoms with van der Waals surface area (Å²) in [7, 11) is 1.56. The van der Waals surface area contributed by atoms with Gasteiger partial charge in [-0.25, -0.2) is 4.39 Å². The Kier molecular flexibility index (Phi) is 6.93. The fraction of sp³-hybridized carbons (Fsp3) is 0.174. The van der Waals surface area contributed by atoms with Gasteiger partial charge in [-0.05, 0) is 70.6 Å². The van der Waals surface area contributed by atoms with Crippen molar-refractivity contribution in [3.63, 3.8) is 0 Å². The molecule has 0 N–H and O–H groups in total. The molecular formula is C23H18ClFINO3S. The lowest BCUT2D eigenvalue weighted by Crippen LogP contribution is -2.27. The molecule has 1 saturated heterocycles. The normalized spacial score (nSPS) is 15.9. The number of hydrogen-bond acceptors (Lipinski definition) is 4. The van der Waals surface area contributed by atoms with Gasteiger partial charge in [-0.1, -0.05) is 29.8 Å². The van der Waals surface area contributed by atoms with E-state index in [1.54, 1.807) is 54.1 Å². The van der Waals surface area contributed by atoms with Gasteiger partial charge in [-0.2, -0.15) is 0 Å². The molecule has 1 heterocycles. The molecule has 0 aromatic heterocycles. The van der Waals surface area contributed by atoms with Crippen LogP contribution in [0.1, 0.15) is 16.5 Å². The fourth-order valence-corrected chi connectivity index (χ4v) is 5.40. The number of ether oxygens (including phenoxy) is 2. The zero-order valence-corrected chi connectivity index (χ0v) is 20.2. The molecule has 3 aromatic rings. The highest BCUT2D eigenvalue weighted by atomic mass is 127. The van der Waals surface area contributed by atoms with E-state index in [1.165, 1.54) is 6.07 Å². The summed E-state index contributed by atoms with van der Waals surface area (Å²) in [5, 5.41) is 0.420. The number of nitrogens with zero attached hydrogens (tertiary/aromatic N) is 1. The van der Waals surface area contributed by atoms with Crippen LogP contribution in [0.2, 0.25) is 5.02 Å². The van der Waals surface area contributed by atoms with Crippen LogP contribution in [0.3, 0.4) is 0 Å². The molecule has 1 fully saturated rings. The Morgan fingerprint density at radius 3 is 2.65 bits per heavy atom. The monoisotopic (exact) mass is 569 g/mol. The van der Waals surface area contributed by atoms with Gasteiger partial charge in [0.05, 0.1) is 16.4 Å². The second-order valence-electron chi connectivity index (χ2n) is 6.82. The number of carbonyl (C=O) groups is 1. The van der Waals surface area contributed by atoms with E-state index in [0.717, 1.165) is 14.8 Å². The van der Waals surface area contributed by atoms with Gasteiger partial charge in [-0.3, -0.25) is 9.69 Å². The number of benzene rings is 3. The van der Waals surface area contributed by atoms with E-state index in [4.69, 9.17) is 21.1 Å². The molecule has 31 heavy (non-hydrogen) atoms. The van der Waals surface area contributed by atoms with Gasteiger partial charge < -0.3 is 9.47 Å². The fourth-order valence-electron chi connectivity index (χ4n) is 3.34. The molecule has 1 atom stereocenters. The summed E-state index contributed by atoms with van der Waals surface area (Å²) >= 11 is 9.73. The third kappa shape index (κ3) is 4.78. The topological polar surface area (TPSA) is 38.8 Å². The molecule has 1 aliphatic heterocycles. The third-order valence-corrected chi connectivity index (χ3v) is 7.11. The van der Waals surface area contributed by atoms with E-state index in [-0.39, 0.29) is 23.7 Å². The van der Waals surface area contributed by atoms with Gasteiger partial charge >= 0.3 is 0 Å². The van der Waals surface area contributed by atoms with Crippen LogP contribution in [-0.4, -0.2) is 18.8 Å². The number of thioether (sulfide) groups is 1. The molecule has 160 valence electrons. The van der Waals surface area contributed by atoms with Crippen LogP contribution in [0, 0.1) is 9.39 Å². The second-order valence-corrected chi connectivity index (χ2v) is 9.48. The van der Waals surface area contributed by atoms with E-state index < -0.39 is 0 Å².